The van der Waals surface area contributed by atoms with Crippen LogP contribution >= 0.6 is 11.3 Å². The lowest BCUT2D eigenvalue weighted by Gasteiger charge is -2.08. The van der Waals surface area contributed by atoms with Crippen LogP contribution in [0.4, 0.5) is 0 Å². The van der Waals surface area contributed by atoms with Crippen LogP contribution in [0.2, 0.25) is 0 Å². The van der Waals surface area contributed by atoms with E-state index in [4.69, 9.17) is 4.74 Å². The van der Waals surface area contributed by atoms with Gasteiger partial charge in [-0.05, 0) is 23.9 Å². The molecule has 0 radical (unpaired) electrons. The molecule has 0 fully saturated rings. The van der Waals surface area contributed by atoms with Gasteiger partial charge < -0.3 is 9.84 Å². The lowest BCUT2D eigenvalue weighted by atomic mass is 10.2. The summed E-state index contributed by atoms with van der Waals surface area (Å²) in [6.07, 6.45) is 1.52. The van der Waals surface area contributed by atoms with Crippen LogP contribution in [0.1, 0.15) is 22.8 Å². The zero-order valence-electron chi connectivity index (χ0n) is 12.8. The highest BCUT2D eigenvalue weighted by molar-refractivity contribution is 7.17. The summed E-state index contributed by atoms with van der Waals surface area (Å²) in [5, 5.41) is 16.2. The molecule has 24 heavy (non-hydrogen) atoms. The third-order valence-electron chi connectivity index (χ3n) is 3.33. The number of fused-ring (bicyclic) bond motifs is 1. The molecular weight excluding hydrogens is 328 g/mol. The molecule has 6 nitrogen and oxygen atoms in total. The third kappa shape index (κ3) is 2.81. The van der Waals surface area contributed by atoms with Gasteiger partial charge in [0.25, 0.3) is 5.56 Å². The first-order valence-corrected chi connectivity index (χ1v) is 8.13. The third-order valence-corrected chi connectivity index (χ3v) is 4.24. The number of carbonyl (C=O) groups is 1. The van der Waals surface area contributed by atoms with E-state index >= 15 is 0 Å². The maximum atomic E-state index is 12.6. The number of nitrogens with zero attached hydrogens (tertiary/aromatic N) is 2. The predicted molar refractivity (Wildman–Crippen MR) is 93.1 cm³/mol. The average Bonchev–Trinajstić information content (AvgIpc) is 3.06. The van der Waals surface area contributed by atoms with Crippen molar-refractivity contribution in [1.29, 1.82) is 0 Å². The maximum absolute atomic E-state index is 12.6. The molecule has 0 spiro atoms. The van der Waals surface area contributed by atoms with Crippen molar-refractivity contribution in [2.75, 3.05) is 6.61 Å². The largest absolute Gasteiger partial charge is 0.505 e. The van der Waals surface area contributed by atoms with Crippen molar-refractivity contribution in [3.8, 4) is 5.75 Å². The van der Waals surface area contributed by atoms with Crippen molar-refractivity contribution in [3.05, 3.63) is 63.3 Å². The first-order chi connectivity index (χ1) is 11.6. The van der Waals surface area contributed by atoms with Gasteiger partial charge >= 0.3 is 5.97 Å². The number of hydrogen-bond donors (Lipinski definition) is 1. The smallest absolute Gasteiger partial charge is 0.347 e. The van der Waals surface area contributed by atoms with Crippen LogP contribution in [0.25, 0.3) is 10.2 Å². The van der Waals surface area contributed by atoms with E-state index in [1.807, 2.05) is 30.3 Å². The van der Waals surface area contributed by atoms with E-state index in [9.17, 15) is 14.7 Å². The first kappa shape index (κ1) is 15.9. The van der Waals surface area contributed by atoms with E-state index in [1.54, 1.807) is 18.4 Å². The molecule has 3 rings (SSSR count). The van der Waals surface area contributed by atoms with Crippen LogP contribution in [0, 0.1) is 0 Å². The number of esters is 1. The van der Waals surface area contributed by atoms with Crippen LogP contribution in [0.15, 0.2) is 51.7 Å². The van der Waals surface area contributed by atoms with Crippen LogP contribution in [-0.4, -0.2) is 28.6 Å². The summed E-state index contributed by atoms with van der Waals surface area (Å²) in [6, 6.07) is 10.9. The Bertz CT molecular complexity index is 973. The predicted octanol–water partition coefficient (Wildman–Crippen LogP) is 2.83. The standard InChI is InChI=1S/C17H14N2O4S/c1-2-23-17(22)13-14(20)15-12(8-9-24-15)19(16(13)21)18-10-11-6-4-3-5-7-11/h3-10,20H,2H2,1H3/b18-10+. The number of aromatic nitrogens is 1. The summed E-state index contributed by atoms with van der Waals surface area (Å²) in [6.45, 7) is 1.73. The zero-order chi connectivity index (χ0) is 17.1. The lowest BCUT2D eigenvalue weighted by molar-refractivity contribution is 0.0520. The molecule has 1 N–H and O–H groups in total. The topological polar surface area (TPSA) is 80.9 Å². The summed E-state index contributed by atoms with van der Waals surface area (Å²) in [7, 11) is 0. The van der Waals surface area contributed by atoms with Gasteiger partial charge in [0.15, 0.2) is 11.3 Å². The van der Waals surface area contributed by atoms with Crippen molar-refractivity contribution < 1.29 is 14.6 Å². The molecule has 0 aliphatic heterocycles. The summed E-state index contributed by atoms with van der Waals surface area (Å²) < 4.78 is 6.38. The minimum absolute atomic E-state index is 0.105. The molecule has 0 bridgehead atoms. The monoisotopic (exact) mass is 342 g/mol. The van der Waals surface area contributed by atoms with E-state index in [1.165, 1.54) is 17.6 Å². The molecule has 3 aromatic rings. The van der Waals surface area contributed by atoms with Crippen molar-refractivity contribution in [2.24, 2.45) is 5.10 Å². The Hall–Kier alpha value is -2.93. The number of rotatable bonds is 4. The number of carbonyl (C=O) groups excluding carboxylic acids is 1. The molecule has 0 unspecified atom stereocenters. The highest BCUT2D eigenvalue weighted by Crippen LogP contribution is 2.31. The Balaban J connectivity index is 2.20. The van der Waals surface area contributed by atoms with E-state index in [2.05, 4.69) is 5.10 Å². The van der Waals surface area contributed by atoms with Gasteiger partial charge in [0.2, 0.25) is 0 Å². The summed E-state index contributed by atoms with van der Waals surface area (Å²) >= 11 is 1.22. The second-order valence-electron chi connectivity index (χ2n) is 4.85. The van der Waals surface area contributed by atoms with Gasteiger partial charge in [-0.2, -0.15) is 9.78 Å². The van der Waals surface area contributed by atoms with E-state index in [0.717, 1.165) is 10.2 Å². The highest BCUT2D eigenvalue weighted by Gasteiger charge is 2.23. The molecule has 2 heterocycles. The minimum Gasteiger partial charge on any atom is -0.505 e. The van der Waals surface area contributed by atoms with Crippen LogP contribution in [0.3, 0.4) is 0 Å². The fourth-order valence-corrected chi connectivity index (χ4v) is 3.06. The quantitative estimate of drug-likeness (QED) is 0.584. The Labute approximate surface area is 141 Å². The van der Waals surface area contributed by atoms with Gasteiger partial charge in [0.05, 0.1) is 23.0 Å². The molecule has 0 saturated heterocycles. The molecular formula is C17H14N2O4S. The molecule has 7 heteroatoms. The van der Waals surface area contributed by atoms with Gasteiger partial charge in [-0.1, -0.05) is 30.3 Å². The second kappa shape index (κ2) is 6.67. The maximum Gasteiger partial charge on any atom is 0.347 e. The SMILES string of the molecule is CCOC(=O)c1c(O)c2sccc2n(/N=C/c2ccccc2)c1=O. The molecule has 0 aliphatic rings. The number of ether oxygens (including phenoxy) is 1. The molecule has 0 saturated carbocycles. The van der Waals surface area contributed by atoms with Crippen LogP contribution in [0.5, 0.6) is 5.75 Å². The van der Waals surface area contributed by atoms with E-state index in [-0.39, 0.29) is 12.4 Å². The van der Waals surface area contributed by atoms with Crippen molar-refractivity contribution >= 4 is 33.7 Å². The van der Waals surface area contributed by atoms with Gasteiger partial charge in [-0.15, -0.1) is 11.3 Å². The van der Waals surface area contributed by atoms with Crippen molar-refractivity contribution in [3.63, 3.8) is 0 Å². The minimum atomic E-state index is -0.862. The highest BCUT2D eigenvalue weighted by atomic mass is 32.1. The van der Waals surface area contributed by atoms with E-state index < -0.39 is 17.1 Å². The van der Waals surface area contributed by atoms with Crippen LogP contribution in [-0.2, 0) is 4.74 Å². The lowest BCUT2D eigenvalue weighted by Crippen LogP contribution is -2.25. The number of thiophene rings is 1. The Morgan fingerprint density at radius 2 is 2.08 bits per heavy atom. The van der Waals surface area contributed by atoms with Crippen molar-refractivity contribution in [1.82, 2.24) is 4.68 Å². The van der Waals surface area contributed by atoms with Gasteiger partial charge in [-0.25, -0.2) is 4.79 Å². The van der Waals surface area contributed by atoms with Gasteiger partial charge in [-0.3, -0.25) is 4.79 Å². The van der Waals surface area contributed by atoms with Crippen LogP contribution < -0.4 is 5.56 Å². The number of pyridine rings is 1. The Morgan fingerprint density at radius 3 is 2.79 bits per heavy atom. The fourth-order valence-electron chi connectivity index (χ4n) is 2.24. The fraction of sp³-hybridized carbons (Fsp3) is 0.118. The van der Waals surface area contributed by atoms with Gasteiger partial charge in [0, 0.05) is 0 Å². The number of benzene rings is 1. The van der Waals surface area contributed by atoms with Gasteiger partial charge in [0.1, 0.15) is 0 Å². The second-order valence-corrected chi connectivity index (χ2v) is 5.77. The summed E-state index contributed by atoms with van der Waals surface area (Å²) in [5.41, 5.74) is 0.113. The summed E-state index contributed by atoms with van der Waals surface area (Å²) in [4.78, 5) is 24.7. The molecule has 2 aromatic heterocycles. The van der Waals surface area contributed by atoms with Crippen molar-refractivity contribution in [2.45, 2.75) is 6.92 Å². The zero-order valence-corrected chi connectivity index (χ0v) is 13.6. The Kier molecular flexibility index (Phi) is 4.43. The molecule has 122 valence electrons. The van der Waals surface area contributed by atoms with E-state index in [0.29, 0.717) is 10.2 Å². The summed E-state index contributed by atoms with van der Waals surface area (Å²) in [5.74, 6) is -1.23. The normalized spacial score (nSPS) is 11.2. The number of hydrogen-bond acceptors (Lipinski definition) is 6. The Morgan fingerprint density at radius 1 is 1.33 bits per heavy atom. The number of aromatic hydroxyl groups is 1. The molecule has 0 atom stereocenters. The molecule has 0 aliphatic carbocycles. The average molecular weight is 342 g/mol. The molecule has 0 amide bonds. The molecule has 1 aromatic carbocycles. The first-order valence-electron chi connectivity index (χ1n) is 7.25.